The minimum atomic E-state index is -0.469. The fraction of sp³-hybridized carbons (Fsp3) is 0.684. The number of aryl methyl sites for hydroxylation is 1. The Hall–Kier alpha value is -2.42. The van der Waals surface area contributed by atoms with E-state index in [9.17, 15) is 4.79 Å². The zero-order chi connectivity index (χ0) is 20.5. The number of aromatic nitrogens is 4. The zero-order valence-corrected chi connectivity index (χ0v) is 17.5. The highest BCUT2D eigenvalue weighted by atomic mass is 16.6. The molecule has 0 bridgehead atoms. The van der Waals surface area contributed by atoms with Crippen LogP contribution in [0.3, 0.4) is 0 Å². The summed E-state index contributed by atoms with van der Waals surface area (Å²) >= 11 is 0. The molecule has 9 nitrogen and oxygen atoms in total. The number of rotatable bonds is 4. The van der Waals surface area contributed by atoms with Gasteiger partial charge < -0.3 is 20.3 Å². The molecule has 1 saturated heterocycles. The Morgan fingerprint density at radius 2 is 1.96 bits per heavy atom. The number of piperidine rings is 1. The van der Waals surface area contributed by atoms with E-state index in [4.69, 9.17) is 10.5 Å². The molecule has 0 unspecified atom stereocenters. The lowest BCUT2D eigenvalue weighted by atomic mass is 10.0. The van der Waals surface area contributed by atoms with Gasteiger partial charge in [0, 0.05) is 32.7 Å². The van der Waals surface area contributed by atoms with Crippen molar-refractivity contribution in [3.05, 3.63) is 12.0 Å². The molecule has 1 amide bonds. The molecule has 1 aliphatic heterocycles. The summed E-state index contributed by atoms with van der Waals surface area (Å²) in [5.41, 5.74) is 7.12. The van der Waals surface area contributed by atoms with Crippen molar-refractivity contribution in [2.75, 3.05) is 32.4 Å². The number of nitrogen functional groups attached to an aromatic ring is 1. The largest absolute Gasteiger partial charge is 0.444 e. The van der Waals surface area contributed by atoms with E-state index in [1.54, 1.807) is 4.90 Å². The second-order valence-corrected chi connectivity index (χ2v) is 8.43. The van der Waals surface area contributed by atoms with Gasteiger partial charge >= 0.3 is 6.09 Å². The molecule has 2 aromatic rings. The number of carbonyl (C=O) groups excluding carboxylic acids is 1. The van der Waals surface area contributed by atoms with E-state index in [-0.39, 0.29) is 12.1 Å². The van der Waals surface area contributed by atoms with Gasteiger partial charge in [0.15, 0.2) is 5.65 Å². The molecule has 9 heteroatoms. The summed E-state index contributed by atoms with van der Waals surface area (Å²) in [5, 5.41) is 5.41. The van der Waals surface area contributed by atoms with Gasteiger partial charge in [0.05, 0.1) is 17.6 Å². The first-order chi connectivity index (χ1) is 13.2. The predicted molar refractivity (Wildman–Crippen MR) is 108 cm³/mol. The zero-order valence-electron chi connectivity index (χ0n) is 17.5. The van der Waals surface area contributed by atoms with Crippen molar-refractivity contribution in [1.82, 2.24) is 29.5 Å². The number of nitrogens with two attached hydrogens (primary N) is 1. The predicted octanol–water partition coefficient (Wildman–Crippen LogP) is 2.05. The molecule has 154 valence electrons. The van der Waals surface area contributed by atoms with Crippen molar-refractivity contribution in [1.29, 1.82) is 0 Å². The van der Waals surface area contributed by atoms with Crippen LogP contribution in [0.1, 0.15) is 39.3 Å². The molecule has 0 aromatic carbocycles. The van der Waals surface area contributed by atoms with Crippen molar-refractivity contribution in [2.24, 2.45) is 0 Å². The number of carbonyl (C=O) groups is 1. The van der Waals surface area contributed by atoms with Crippen molar-refractivity contribution in [2.45, 2.75) is 58.7 Å². The van der Waals surface area contributed by atoms with E-state index in [1.165, 1.54) is 6.33 Å². The molecule has 0 aliphatic carbocycles. The molecule has 1 fully saturated rings. The third-order valence-corrected chi connectivity index (χ3v) is 5.15. The lowest BCUT2D eigenvalue weighted by molar-refractivity contribution is 0.0151. The second-order valence-electron chi connectivity index (χ2n) is 8.43. The van der Waals surface area contributed by atoms with Gasteiger partial charge in [-0.15, -0.1) is 0 Å². The van der Waals surface area contributed by atoms with Gasteiger partial charge in [0.2, 0.25) is 0 Å². The molecule has 3 heterocycles. The lowest BCUT2D eigenvalue weighted by Gasteiger charge is -2.37. The number of hydrogen-bond acceptors (Lipinski definition) is 7. The highest BCUT2D eigenvalue weighted by molar-refractivity contribution is 5.87. The van der Waals surface area contributed by atoms with Gasteiger partial charge in [-0.3, -0.25) is 0 Å². The van der Waals surface area contributed by atoms with Crippen LogP contribution >= 0.6 is 0 Å². The Balaban J connectivity index is 1.53. The monoisotopic (exact) mass is 389 g/mol. The first kappa shape index (κ1) is 20.3. The van der Waals surface area contributed by atoms with Gasteiger partial charge in [0.1, 0.15) is 17.7 Å². The smallest absolute Gasteiger partial charge is 0.410 e. The van der Waals surface area contributed by atoms with E-state index in [0.717, 1.165) is 55.7 Å². The molecular weight excluding hydrogens is 358 g/mol. The van der Waals surface area contributed by atoms with Crippen LogP contribution in [0.15, 0.2) is 6.33 Å². The number of fused-ring (bicyclic) bond motifs is 1. The highest BCUT2D eigenvalue weighted by Gasteiger charge is 2.28. The van der Waals surface area contributed by atoms with Gasteiger partial charge in [0.25, 0.3) is 0 Å². The molecule has 0 spiro atoms. The maximum atomic E-state index is 12.3. The number of likely N-dealkylation sites (tertiary alicyclic amines) is 1. The summed E-state index contributed by atoms with van der Waals surface area (Å²) in [4.78, 5) is 24.8. The van der Waals surface area contributed by atoms with Crippen LogP contribution in [0.5, 0.6) is 0 Å². The van der Waals surface area contributed by atoms with Crippen molar-refractivity contribution < 1.29 is 9.53 Å². The Labute approximate surface area is 165 Å². The molecule has 0 saturated carbocycles. The van der Waals surface area contributed by atoms with Crippen LogP contribution < -0.4 is 5.73 Å². The second kappa shape index (κ2) is 7.90. The summed E-state index contributed by atoms with van der Waals surface area (Å²) in [5.74, 6) is 0.472. The maximum absolute atomic E-state index is 12.3. The van der Waals surface area contributed by atoms with Crippen LogP contribution in [0, 0.1) is 6.92 Å². The lowest BCUT2D eigenvalue weighted by Crippen LogP contribution is -2.47. The molecule has 2 N–H and O–H groups in total. The normalized spacial score (nSPS) is 16.5. The third kappa shape index (κ3) is 4.52. The van der Waals surface area contributed by atoms with Crippen LogP contribution in [0.2, 0.25) is 0 Å². The average Bonchev–Trinajstić information content (AvgIpc) is 2.95. The Kier molecular flexibility index (Phi) is 5.74. The molecule has 0 radical (unpaired) electrons. The quantitative estimate of drug-likeness (QED) is 0.853. The molecule has 2 aromatic heterocycles. The van der Waals surface area contributed by atoms with E-state index in [1.807, 2.05) is 39.4 Å². The topological polar surface area (TPSA) is 102 Å². The van der Waals surface area contributed by atoms with Gasteiger partial charge in [-0.25, -0.2) is 19.4 Å². The summed E-state index contributed by atoms with van der Waals surface area (Å²) < 4.78 is 7.38. The minimum Gasteiger partial charge on any atom is -0.444 e. The molecule has 3 rings (SSSR count). The minimum absolute atomic E-state index is 0.214. The fourth-order valence-electron chi connectivity index (χ4n) is 3.62. The summed E-state index contributed by atoms with van der Waals surface area (Å²) in [7, 11) is 1.83. The van der Waals surface area contributed by atoms with Crippen LogP contribution in [0.4, 0.5) is 10.6 Å². The van der Waals surface area contributed by atoms with Crippen LogP contribution in [-0.2, 0) is 11.3 Å². The van der Waals surface area contributed by atoms with E-state index in [2.05, 4.69) is 20.0 Å². The standard InChI is InChI=1S/C19H31N7O2/c1-13-15-16(20)21-12-22-17(15)26(23-13)11-10-25-8-6-14(7-9-25)24(5)18(27)28-19(2,3)4/h12,14H,6-11H2,1-5H3,(H2,20,21,22). The highest BCUT2D eigenvalue weighted by Crippen LogP contribution is 2.21. The van der Waals surface area contributed by atoms with E-state index in [0.29, 0.717) is 5.82 Å². The number of hydrogen-bond donors (Lipinski definition) is 1. The average molecular weight is 390 g/mol. The molecule has 0 atom stereocenters. The molecule has 28 heavy (non-hydrogen) atoms. The summed E-state index contributed by atoms with van der Waals surface area (Å²) in [6.07, 6.45) is 3.10. The number of anilines is 1. The SMILES string of the molecule is Cc1nn(CCN2CCC(N(C)C(=O)OC(C)(C)C)CC2)c2ncnc(N)c12. The molecular formula is C19H31N7O2. The number of amides is 1. The van der Waals surface area contributed by atoms with Gasteiger partial charge in [-0.2, -0.15) is 5.10 Å². The Bertz CT molecular complexity index is 835. The Morgan fingerprint density at radius 3 is 2.61 bits per heavy atom. The van der Waals surface area contributed by atoms with Crippen LogP contribution in [0.25, 0.3) is 11.0 Å². The summed E-state index contributed by atoms with van der Waals surface area (Å²) in [6, 6.07) is 0.214. The summed E-state index contributed by atoms with van der Waals surface area (Å²) in [6.45, 7) is 11.1. The number of nitrogens with zero attached hydrogens (tertiary/aromatic N) is 6. The van der Waals surface area contributed by atoms with Crippen molar-refractivity contribution in [3.63, 3.8) is 0 Å². The first-order valence-electron chi connectivity index (χ1n) is 9.77. The van der Waals surface area contributed by atoms with Gasteiger partial charge in [-0.05, 0) is 40.5 Å². The Morgan fingerprint density at radius 1 is 1.29 bits per heavy atom. The van der Waals surface area contributed by atoms with Crippen LogP contribution in [-0.4, -0.2) is 74.0 Å². The van der Waals surface area contributed by atoms with E-state index >= 15 is 0 Å². The maximum Gasteiger partial charge on any atom is 0.410 e. The molecule has 1 aliphatic rings. The third-order valence-electron chi connectivity index (χ3n) is 5.15. The van der Waals surface area contributed by atoms with E-state index < -0.39 is 5.60 Å². The first-order valence-corrected chi connectivity index (χ1v) is 9.77. The number of ether oxygens (including phenoxy) is 1. The fourth-order valence-corrected chi connectivity index (χ4v) is 3.62. The van der Waals surface area contributed by atoms with Crippen molar-refractivity contribution in [3.8, 4) is 0 Å². The van der Waals surface area contributed by atoms with Crippen molar-refractivity contribution >= 4 is 22.9 Å². The van der Waals surface area contributed by atoms with Gasteiger partial charge in [-0.1, -0.05) is 0 Å².